The molecule has 0 saturated carbocycles. The Morgan fingerprint density at radius 2 is 0.889 bits per heavy atom. The van der Waals surface area contributed by atoms with E-state index >= 15 is 0 Å². The maximum absolute atomic E-state index is 13.4. The van der Waals surface area contributed by atoms with Crippen molar-refractivity contribution in [3.8, 4) is 0 Å². The van der Waals surface area contributed by atoms with Crippen LogP contribution in [0.1, 0.15) is 297 Å². The van der Waals surface area contributed by atoms with E-state index in [1.807, 2.05) is 6.08 Å². The van der Waals surface area contributed by atoms with Crippen molar-refractivity contribution < 1.29 is 49.3 Å². The number of unbranched alkanes of at least 4 members (excludes halogenated alkanes) is 34. The van der Waals surface area contributed by atoms with Crippen LogP contribution in [0.3, 0.4) is 0 Å². The van der Waals surface area contributed by atoms with Crippen LogP contribution in [0, 0.1) is 0 Å². The molecule has 8 atom stereocenters. The smallest absolute Gasteiger partial charge is 0.306 e. The summed E-state index contributed by atoms with van der Waals surface area (Å²) in [6.07, 6.45) is 63.8. The topological polar surface area (TPSA) is 175 Å². The third-order valence-corrected chi connectivity index (χ3v) is 15.6. The van der Waals surface area contributed by atoms with Crippen LogP contribution in [-0.2, 0) is 23.8 Å². The highest BCUT2D eigenvalue weighted by molar-refractivity contribution is 5.80. The Morgan fingerprint density at radius 3 is 1.37 bits per heavy atom. The summed E-state index contributed by atoms with van der Waals surface area (Å²) in [6, 6.07) is -1.03. The second kappa shape index (κ2) is 57.5. The Kier molecular flexibility index (Phi) is 54.1. The molecule has 1 heterocycles. The van der Waals surface area contributed by atoms with E-state index in [4.69, 9.17) is 14.2 Å². The van der Waals surface area contributed by atoms with Gasteiger partial charge in [0.1, 0.15) is 24.4 Å². The fraction of sp³-hybridized carbons (Fsp3) is 0.800. The molecule has 0 radical (unpaired) electrons. The van der Waals surface area contributed by atoms with Gasteiger partial charge in [0.2, 0.25) is 5.91 Å². The number of aliphatic hydroxyl groups is 5. The average molecular weight is 1140 g/mol. The lowest BCUT2D eigenvalue weighted by Gasteiger charge is -2.41. The van der Waals surface area contributed by atoms with Crippen molar-refractivity contribution in [3.63, 3.8) is 0 Å². The minimum Gasteiger partial charge on any atom is -0.454 e. The summed E-state index contributed by atoms with van der Waals surface area (Å²) < 4.78 is 17.6. The summed E-state index contributed by atoms with van der Waals surface area (Å²) >= 11 is 0. The summed E-state index contributed by atoms with van der Waals surface area (Å²) in [5.41, 5.74) is 0. The zero-order chi connectivity index (χ0) is 58.9. The van der Waals surface area contributed by atoms with E-state index in [2.05, 4.69) is 86.8 Å². The maximum Gasteiger partial charge on any atom is 0.306 e. The molecule has 6 N–H and O–H groups in total. The number of carbonyl (C=O) groups is 2. The highest BCUT2D eigenvalue weighted by atomic mass is 16.7. The number of ether oxygens (including phenoxy) is 3. The van der Waals surface area contributed by atoms with Crippen LogP contribution in [0.5, 0.6) is 0 Å². The Hall–Kier alpha value is -2.90. The number of amides is 1. The molecule has 1 amide bonds. The molecule has 1 aliphatic rings. The largest absolute Gasteiger partial charge is 0.454 e. The van der Waals surface area contributed by atoms with Gasteiger partial charge in [0, 0.05) is 6.42 Å². The van der Waals surface area contributed by atoms with Gasteiger partial charge in [-0.1, -0.05) is 273 Å². The van der Waals surface area contributed by atoms with Crippen LogP contribution < -0.4 is 5.32 Å². The summed E-state index contributed by atoms with van der Waals surface area (Å²) in [5, 5.41) is 57.0. The average Bonchev–Trinajstić information content (AvgIpc) is 3.49. The van der Waals surface area contributed by atoms with Crippen molar-refractivity contribution >= 4 is 11.9 Å². The minimum absolute atomic E-state index is 0.120. The van der Waals surface area contributed by atoms with Gasteiger partial charge in [0.15, 0.2) is 12.4 Å². The molecule has 0 aliphatic carbocycles. The predicted molar refractivity (Wildman–Crippen MR) is 338 cm³/mol. The van der Waals surface area contributed by atoms with Crippen molar-refractivity contribution in [2.45, 2.75) is 346 Å². The Bertz CT molecular complexity index is 1590. The monoisotopic (exact) mass is 1140 g/mol. The van der Waals surface area contributed by atoms with Gasteiger partial charge in [-0.3, -0.25) is 9.59 Å². The van der Waals surface area contributed by atoms with Crippen molar-refractivity contribution in [3.05, 3.63) is 72.9 Å². The molecule has 0 spiro atoms. The molecule has 1 saturated heterocycles. The second-order valence-electron chi connectivity index (χ2n) is 23.2. The van der Waals surface area contributed by atoms with Gasteiger partial charge in [0.05, 0.1) is 25.4 Å². The summed E-state index contributed by atoms with van der Waals surface area (Å²) in [6.45, 7) is 5.73. The lowest BCUT2D eigenvalue weighted by Crippen LogP contribution is -2.61. The van der Waals surface area contributed by atoms with E-state index in [0.717, 1.165) is 89.9 Å². The van der Waals surface area contributed by atoms with Crippen LogP contribution in [0.25, 0.3) is 0 Å². The molecule has 0 aromatic carbocycles. The number of carbonyl (C=O) groups excluding carboxylic acids is 2. The van der Waals surface area contributed by atoms with Crippen molar-refractivity contribution in [1.29, 1.82) is 0 Å². The number of hydrogen-bond donors (Lipinski definition) is 6. The van der Waals surface area contributed by atoms with Crippen molar-refractivity contribution in [1.82, 2.24) is 5.32 Å². The third-order valence-electron chi connectivity index (χ3n) is 15.6. The van der Waals surface area contributed by atoms with Gasteiger partial charge in [-0.15, -0.1) is 0 Å². The number of allylic oxidation sites excluding steroid dienone is 11. The fourth-order valence-electron chi connectivity index (χ4n) is 10.2. The predicted octanol–water partition coefficient (Wildman–Crippen LogP) is 16.7. The molecule has 0 bridgehead atoms. The molecule has 8 unspecified atom stereocenters. The van der Waals surface area contributed by atoms with Gasteiger partial charge in [-0.2, -0.15) is 0 Å². The molecule has 1 aliphatic heterocycles. The first-order valence-electron chi connectivity index (χ1n) is 33.7. The molecule has 81 heavy (non-hydrogen) atoms. The highest BCUT2D eigenvalue weighted by Gasteiger charge is 2.47. The standard InChI is InChI=1S/C70H125NO10/c1-4-7-10-13-16-19-22-24-26-27-28-29-30-31-32-33-34-35-36-37-38-40-43-46-49-52-55-58-65(75)81-68-67(77)66(76)64(59-72)80-70(68)79-60-61(62(73)56-53-50-47-44-41-21-18-15-12-9-6-3)71-69(78)63(74)57-54-51-48-45-42-39-25-23-20-17-14-11-8-5-2/h16-17,19-20,23-26,28-29,53,56,61-64,66-68,70,72-74,76-77H,4-15,18,21-22,27,30-52,54-55,57-60H2,1-3H3,(H,71,78)/b19-16-,20-17+,25-23+,26-24-,29-28-,56-53+. The number of hydrogen-bond acceptors (Lipinski definition) is 10. The summed E-state index contributed by atoms with van der Waals surface area (Å²) in [4.78, 5) is 26.6. The molecular weight excluding hydrogens is 1010 g/mol. The molecule has 1 rings (SSSR count). The molecule has 11 nitrogen and oxygen atoms in total. The number of aliphatic hydroxyl groups excluding tert-OH is 5. The third kappa shape index (κ3) is 45.2. The first-order chi connectivity index (χ1) is 39.7. The normalized spacial score (nSPS) is 19.1. The molecule has 0 aromatic rings. The first-order valence-corrected chi connectivity index (χ1v) is 33.7. The van der Waals surface area contributed by atoms with Gasteiger partial charge < -0.3 is 45.1 Å². The SMILES string of the molecule is CCCCC/C=C\C/C=C\C/C=C\CCCCCCCCCCCCCCCCC(=O)OC1C(OCC(NC(=O)C(O)CCCCCCC/C=C/C=C/CCCCC)C(O)/C=C/CCCCCCCCCCC)OC(CO)C(O)C1O. The van der Waals surface area contributed by atoms with E-state index in [9.17, 15) is 35.1 Å². The Balaban J connectivity index is 2.54. The number of nitrogens with one attached hydrogen (secondary N) is 1. The molecular formula is C70H125NO10. The van der Waals surface area contributed by atoms with E-state index in [-0.39, 0.29) is 19.4 Å². The Morgan fingerprint density at radius 1 is 0.494 bits per heavy atom. The zero-order valence-corrected chi connectivity index (χ0v) is 52.1. The molecule has 0 aromatic heterocycles. The summed E-state index contributed by atoms with van der Waals surface area (Å²) in [7, 11) is 0. The van der Waals surface area contributed by atoms with Crippen molar-refractivity contribution in [2.24, 2.45) is 0 Å². The lowest BCUT2D eigenvalue weighted by molar-refractivity contribution is -0.305. The molecule has 470 valence electrons. The number of rotatable bonds is 57. The van der Waals surface area contributed by atoms with Crippen LogP contribution in [0.4, 0.5) is 0 Å². The fourth-order valence-corrected chi connectivity index (χ4v) is 10.2. The second-order valence-corrected chi connectivity index (χ2v) is 23.2. The van der Waals surface area contributed by atoms with Gasteiger partial charge in [0.25, 0.3) is 0 Å². The quantitative estimate of drug-likeness (QED) is 0.0149. The van der Waals surface area contributed by atoms with Crippen LogP contribution >= 0.6 is 0 Å². The van der Waals surface area contributed by atoms with Crippen LogP contribution in [0.2, 0.25) is 0 Å². The first kappa shape index (κ1) is 76.1. The summed E-state index contributed by atoms with van der Waals surface area (Å²) in [5.74, 6) is -1.20. The van der Waals surface area contributed by atoms with Crippen LogP contribution in [0.15, 0.2) is 72.9 Å². The zero-order valence-electron chi connectivity index (χ0n) is 52.1. The Labute approximate surface area is 496 Å². The van der Waals surface area contributed by atoms with Crippen LogP contribution in [-0.4, -0.2) is 99.6 Å². The van der Waals surface area contributed by atoms with E-state index in [1.165, 1.54) is 161 Å². The van der Waals surface area contributed by atoms with E-state index < -0.39 is 67.4 Å². The lowest BCUT2D eigenvalue weighted by atomic mass is 9.99. The van der Waals surface area contributed by atoms with E-state index in [1.54, 1.807) is 6.08 Å². The minimum atomic E-state index is -1.62. The van der Waals surface area contributed by atoms with E-state index in [0.29, 0.717) is 12.8 Å². The molecule has 1 fully saturated rings. The number of esters is 1. The van der Waals surface area contributed by atoms with Gasteiger partial charge in [-0.25, -0.2) is 0 Å². The maximum atomic E-state index is 13.4. The van der Waals surface area contributed by atoms with Gasteiger partial charge in [-0.05, 0) is 89.9 Å². The van der Waals surface area contributed by atoms with Gasteiger partial charge >= 0.3 is 5.97 Å². The highest BCUT2D eigenvalue weighted by Crippen LogP contribution is 2.26. The molecule has 11 heteroatoms. The van der Waals surface area contributed by atoms with Crippen molar-refractivity contribution in [2.75, 3.05) is 13.2 Å².